The van der Waals surface area contributed by atoms with Crippen molar-refractivity contribution in [2.45, 2.75) is 32.7 Å². The van der Waals surface area contributed by atoms with E-state index in [1.807, 2.05) is 6.92 Å². The molecule has 100 valence electrons. The van der Waals surface area contributed by atoms with Crippen LogP contribution in [0.2, 0.25) is 0 Å². The number of hydrogen-bond acceptors (Lipinski definition) is 2. The third-order valence-corrected chi connectivity index (χ3v) is 2.67. The van der Waals surface area contributed by atoms with Crippen molar-refractivity contribution in [3.8, 4) is 0 Å². The van der Waals surface area contributed by atoms with Crippen LogP contribution >= 0.6 is 0 Å². The Kier molecular flexibility index (Phi) is 6.36. The molecule has 1 aromatic rings. The average molecular weight is 252 g/mol. The Labute approximate surface area is 108 Å². The Balaban J connectivity index is 2.23. The first-order chi connectivity index (χ1) is 8.61. The summed E-state index contributed by atoms with van der Waals surface area (Å²) in [4.78, 5) is 11.2. The van der Waals surface area contributed by atoms with Crippen LogP contribution in [0.5, 0.6) is 0 Å². The second kappa shape index (κ2) is 7.82. The third-order valence-electron chi connectivity index (χ3n) is 2.67. The molecule has 1 aromatic carbocycles. The van der Waals surface area contributed by atoms with Gasteiger partial charge >= 0.3 is 0 Å². The van der Waals surface area contributed by atoms with E-state index >= 15 is 0 Å². The van der Waals surface area contributed by atoms with Gasteiger partial charge in [-0.15, -0.1) is 0 Å². The van der Waals surface area contributed by atoms with Crippen LogP contribution in [0, 0.1) is 5.82 Å². The standard InChI is InChI=1S/C14H21FN2O/c1-3-16-14(18)8-9-17-11(2)10-12-4-6-13(15)7-5-12/h4-7,11,17H,3,8-10H2,1-2H3,(H,16,18). The summed E-state index contributed by atoms with van der Waals surface area (Å²) < 4.78 is 12.7. The van der Waals surface area contributed by atoms with Gasteiger partial charge in [-0.05, 0) is 38.0 Å². The average Bonchev–Trinajstić information content (AvgIpc) is 2.32. The minimum absolute atomic E-state index is 0.0685. The van der Waals surface area contributed by atoms with Crippen molar-refractivity contribution >= 4 is 5.91 Å². The first kappa shape index (κ1) is 14.6. The molecule has 1 unspecified atom stereocenters. The van der Waals surface area contributed by atoms with Gasteiger partial charge in [-0.3, -0.25) is 4.79 Å². The molecule has 18 heavy (non-hydrogen) atoms. The molecule has 0 heterocycles. The summed E-state index contributed by atoms with van der Waals surface area (Å²) in [7, 11) is 0. The van der Waals surface area contributed by atoms with Gasteiger partial charge in [-0.2, -0.15) is 0 Å². The fourth-order valence-corrected chi connectivity index (χ4v) is 1.76. The van der Waals surface area contributed by atoms with Crippen LogP contribution in [-0.2, 0) is 11.2 Å². The van der Waals surface area contributed by atoms with E-state index in [2.05, 4.69) is 17.6 Å². The zero-order valence-corrected chi connectivity index (χ0v) is 11.0. The van der Waals surface area contributed by atoms with Crippen LogP contribution in [0.4, 0.5) is 4.39 Å². The number of rotatable bonds is 7. The molecule has 1 amide bonds. The predicted octanol–water partition coefficient (Wildman–Crippen LogP) is 1.87. The topological polar surface area (TPSA) is 41.1 Å². The highest BCUT2D eigenvalue weighted by molar-refractivity contribution is 5.75. The van der Waals surface area contributed by atoms with Gasteiger partial charge in [0.2, 0.25) is 5.91 Å². The fourth-order valence-electron chi connectivity index (χ4n) is 1.76. The number of carbonyl (C=O) groups is 1. The van der Waals surface area contributed by atoms with Crippen molar-refractivity contribution in [3.05, 3.63) is 35.6 Å². The molecule has 0 bridgehead atoms. The van der Waals surface area contributed by atoms with E-state index in [4.69, 9.17) is 0 Å². The SMILES string of the molecule is CCNC(=O)CCNC(C)Cc1ccc(F)cc1. The summed E-state index contributed by atoms with van der Waals surface area (Å²) in [5.74, 6) is -0.144. The highest BCUT2D eigenvalue weighted by Gasteiger charge is 2.04. The highest BCUT2D eigenvalue weighted by Crippen LogP contribution is 2.05. The first-order valence-electron chi connectivity index (χ1n) is 6.36. The first-order valence-corrected chi connectivity index (χ1v) is 6.36. The Hall–Kier alpha value is -1.42. The van der Waals surface area contributed by atoms with Gasteiger partial charge < -0.3 is 10.6 Å². The van der Waals surface area contributed by atoms with Gasteiger partial charge in [0.05, 0.1) is 0 Å². The number of carbonyl (C=O) groups excluding carboxylic acids is 1. The zero-order chi connectivity index (χ0) is 13.4. The van der Waals surface area contributed by atoms with Crippen molar-refractivity contribution < 1.29 is 9.18 Å². The van der Waals surface area contributed by atoms with E-state index in [-0.39, 0.29) is 17.8 Å². The summed E-state index contributed by atoms with van der Waals surface area (Å²) >= 11 is 0. The highest BCUT2D eigenvalue weighted by atomic mass is 19.1. The van der Waals surface area contributed by atoms with E-state index in [1.165, 1.54) is 12.1 Å². The van der Waals surface area contributed by atoms with Gasteiger partial charge in [0.1, 0.15) is 5.82 Å². The normalized spacial score (nSPS) is 12.2. The number of nitrogens with one attached hydrogen (secondary N) is 2. The molecule has 0 saturated heterocycles. The minimum atomic E-state index is -0.212. The molecule has 0 aliphatic rings. The lowest BCUT2D eigenvalue weighted by atomic mass is 10.1. The Bertz CT molecular complexity index is 365. The third kappa shape index (κ3) is 5.77. The maximum atomic E-state index is 12.7. The number of hydrogen-bond donors (Lipinski definition) is 2. The van der Waals surface area contributed by atoms with Gasteiger partial charge in [0.25, 0.3) is 0 Å². The number of amides is 1. The monoisotopic (exact) mass is 252 g/mol. The van der Waals surface area contributed by atoms with E-state index in [9.17, 15) is 9.18 Å². The molecule has 0 spiro atoms. The Morgan fingerprint density at radius 2 is 2.00 bits per heavy atom. The summed E-state index contributed by atoms with van der Waals surface area (Å²) in [5.41, 5.74) is 1.09. The van der Waals surface area contributed by atoms with Crippen LogP contribution in [0.15, 0.2) is 24.3 Å². The minimum Gasteiger partial charge on any atom is -0.356 e. The van der Waals surface area contributed by atoms with Gasteiger partial charge in [-0.1, -0.05) is 12.1 Å². The lowest BCUT2D eigenvalue weighted by molar-refractivity contribution is -0.120. The smallest absolute Gasteiger partial charge is 0.221 e. The predicted molar refractivity (Wildman–Crippen MR) is 70.9 cm³/mol. The molecule has 0 aromatic heterocycles. The van der Waals surface area contributed by atoms with E-state index in [1.54, 1.807) is 12.1 Å². The molecule has 0 aliphatic heterocycles. The second-order valence-corrected chi connectivity index (χ2v) is 4.39. The van der Waals surface area contributed by atoms with E-state index in [0.717, 1.165) is 12.0 Å². The second-order valence-electron chi connectivity index (χ2n) is 4.39. The van der Waals surface area contributed by atoms with Gasteiger partial charge in [-0.25, -0.2) is 4.39 Å². The van der Waals surface area contributed by atoms with Crippen LogP contribution < -0.4 is 10.6 Å². The van der Waals surface area contributed by atoms with Gasteiger partial charge in [0, 0.05) is 25.6 Å². The molecule has 0 aliphatic carbocycles. The molecule has 1 rings (SSSR count). The molecule has 0 saturated carbocycles. The van der Waals surface area contributed by atoms with Crippen LogP contribution in [0.1, 0.15) is 25.8 Å². The molecular weight excluding hydrogens is 231 g/mol. The van der Waals surface area contributed by atoms with Crippen LogP contribution in [0.25, 0.3) is 0 Å². The van der Waals surface area contributed by atoms with Crippen molar-refractivity contribution in [1.29, 1.82) is 0 Å². The Morgan fingerprint density at radius 1 is 1.33 bits per heavy atom. The molecular formula is C14H21FN2O. The van der Waals surface area contributed by atoms with Crippen LogP contribution in [-0.4, -0.2) is 25.0 Å². The van der Waals surface area contributed by atoms with Crippen molar-refractivity contribution in [3.63, 3.8) is 0 Å². The van der Waals surface area contributed by atoms with Crippen molar-refractivity contribution in [1.82, 2.24) is 10.6 Å². The molecule has 2 N–H and O–H groups in total. The lowest BCUT2D eigenvalue weighted by Gasteiger charge is -2.13. The van der Waals surface area contributed by atoms with E-state index in [0.29, 0.717) is 19.5 Å². The van der Waals surface area contributed by atoms with Gasteiger partial charge in [0.15, 0.2) is 0 Å². The summed E-state index contributed by atoms with van der Waals surface area (Å²) in [6, 6.07) is 6.78. The maximum absolute atomic E-state index is 12.7. The molecule has 3 nitrogen and oxygen atoms in total. The fraction of sp³-hybridized carbons (Fsp3) is 0.500. The molecule has 0 fully saturated rings. The number of benzene rings is 1. The van der Waals surface area contributed by atoms with Crippen molar-refractivity contribution in [2.75, 3.05) is 13.1 Å². The lowest BCUT2D eigenvalue weighted by Crippen LogP contribution is -2.33. The quantitative estimate of drug-likeness (QED) is 0.778. The molecule has 1 atom stereocenters. The molecule has 4 heteroatoms. The zero-order valence-electron chi connectivity index (χ0n) is 11.0. The molecule has 0 radical (unpaired) electrons. The van der Waals surface area contributed by atoms with Crippen LogP contribution in [0.3, 0.4) is 0 Å². The largest absolute Gasteiger partial charge is 0.356 e. The van der Waals surface area contributed by atoms with E-state index < -0.39 is 0 Å². The maximum Gasteiger partial charge on any atom is 0.221 e. The summed E-state index contributed by atoms with van der Waals surface area (Å²) in [5, 5.41) is 6.04. The summed E-state index contributed by atoms with van der Waals surface area (Å²) in [6.07, 6.45) is 1.32. The Morgan fingerprint density at radius 3 is 2.61 bits per heavy atom. The summed E-state index contributed by atoms with van der Waals surface area (Å²) in [6.45, 7) is 5.29. The number of halogens is 1. The van der Waals surface area contributed by atoms with Crippen molar-refractivity contribution in [2.24, 2.45) is 0 Å².